The highest BCUT2D eigenvalue weighted by Crippen LogP contribution is 2.17. The minimum absolute atomic E-state index is 0.220. The van der Waals surface area contributed by atoms with Crippen LogP contribution in [0.2, 0.25) is 0 Å². The smallest absolute Gasteiger partial charge is 0.127 e. The predicted molar refractivity (Wildman–Crippen MR) is 65.3 cm³/mol. The highest BCUT2D eigenvalue weighted by molar-refractivity contribution is 9.10. The van der Waals surface area contributed by atoms with Crippen molar-refractivity contribution in [3.63, 3.8) is 0 Å². The summed E-state index contributed by atoms with van der Waals surface area (Å²) in [7, 11) is 0. The van der Waals surface area contributed by atoms with E-state index in [-0.39, 0.29) is 5.82 Å². The van der Waals surface area contributed by atoms with E-state index in [0.717, 1.165) is 17.4 Å². The molecule has 0 unspecified atom stereocenters. The van der Waals surface area contributed by atoms with Gasteiger partial charge in [-0.25, -0.2) is 4.39 Å². The number of rotatable bonds is 5. The molecule has 2 nitrogen and oxygen atoms in total. The van der Waals surface area contributed by atoms with Crippen LogP contribution in [0.4, 0.5) is 4.39 Å². The van der Waals surface area contributed by atoms with E-state index in [1.54, 1.807) is 12.1 Å². The molecule has 0 spiro atoms. The van der Waals surface area contributed by atoms with Crippen LogP contribution < -0.4 is 0 Å². The van der Waals surface area contributed by atoms with Gasteiger partial charge in [0.2, 0.25) is 0 Å². The molecule has 0 aliphatic heterocycles. The van der Waals surface area contributed by atoms with Crippen molar-refractivity contribution in [1.29, 1.82) is 5.26 Å². The molecule has 0 aliphatic rings. The molecule has 0 amide bonds. The first-order valence-electron chi connectivity index (χ1n) is 5.20. The molecular weight excluding hydrogens is 271 g/mol. The fourth-order valence-corrected chi connectivity index (χ4v) is 1.94. The first-order valence-corrected chi connectivity index (χ1v) is 6.00. The third-order valence-electron chi connectivity index (χ3n) is 2.24. The SMILES string of the molecule is CCCN(CC#N)Cc1cc(Br)ccc1F. The van der Waals surface area contributed by atoms with Crippen LogP contribution in [0, 0.1) is 17.1 Å². The number of nitrogens with zero attached hydrogens (tertiary/aromatic N) is 2. The van der Waals surface area contributed by atoms with E-state index >= 15 is 0 Å². The van der Waals surface area contributed by atoms with E-state index in [9.17, 15) is 4.39 Å². The molecule has 0 aliphatic carbocycles. The molecule has 0 bridgehead atoms. The lowest BCUT2D eigenvalue weighted by Gasteiger charge is -2.18. The lowest BCUT2D eigenvalue weighted by Crippen LogP contribution is -2.24. The molecule has 16 heavy (non-hydrogen) atoms. The van der Waals surface area contributed by atoms with Gasteiger partial charge >= 0.3 is 0 Å². The highest BCUT2D eigenvalue weighted by Gasteiger charge is 2.08. The molecule has 1 rings (SSSR count). The summed E-state index contributed by atoms with van der Waals surface area (Å²) in [6.07, 6.45) is 0.956. The molecule has 0 radical (unpaired) electrons. The molecule has 0 heterocycles. The summed E-state index contributed by atoms with van der Waals surface area (Å²) in [5.41, 5.74) is 0.623. The number of hydrogen-bond acceptors (Lipinski definition) is 2. The molecular formula is C12H14BrFN2. The van der Waals surface area contributed by atoms with Gasteiger partial charge in [-0.15, -0.1) is 0 Å². The predicted octanol–water partition coefficient (Wildman–Crippen LogP) is 3.32. The van der Waals surface area contributed by atoms with Crippen molar-refractivity contribution in [1.82, 2.24) is 4.90 Å². The number of halogens is 2. The van der Waals surface area contributed by atoms with Gasteiger partial charge in [-0.05, 0) is 31.2 Å². The molecule has 1 aromatic carbocycles. The second kappa shape index (κ2) is 6.62. The minimum atomic E-state index is -0.220. The molecule has 0 atom stereocenters. The lowest BCUT2D eigenvalue weighted by molar-refractivity contribution is 0.293. The number of hydrogen-bond donors (Lipinski definition) is 0. The average molecular weight is 285 g/mol. The topological polar surface area (TPSA) is 27.0 Å². The summed E-state index contributed by atoms with van der Waals surface area (Å²) < 4.78 is 14.3. The van der Waals surface area contributed by atoms with Crippen LogP contribution in [0.3, 0.4) is 0 Å². The third-order valence-corrected chi connectivity index (χ3v) is 2.73. The van der Waals surface area contributed by atoms with E-state index in [1.807, 2.05) is 11.8 Å². The van der Waals surface area contributed by atoms with Gasteiger partial charge in [-0.2, -0.15) is 5.26 Å². The van der Waals surface area contributed by atoms with Crippen LogP contribution in [-0.4, -0.2) is 18.0 Å². The Kier molecular flexibility index (Phi) is 5.44. The Bertz CT molecular complexity index is 387. The largest absolute Gasteiger partial charge is 0.286 e. The van der Waals surface area contributed by atoms with Gasteiger partial charge in [0.15, 0.2) is 0 Å². The second-order valence-electron chi connectivity index (χ2n) is 3.60. The Hall–Kier alpha value is -0.920. The Morgan fingerprint density at radius 1 is 1.50 bits per heavy atom. The zero-order valence-electron chi connectivity index (χ0n) is 9.21. The molecule has 86 valence electrons. The van der Waals surface area contributed by atoms with Crippen LogP contribution in [0.15, 0.2) is 22.7 Å². The van der Waals surface area contributed by atoms with Crippen molar-refractivity contribution >= 4 is 15.9 Å². The standard InChI is InChI=1S/C12H14BrFN2/c1-2-6-16(7-5-15)9-10-8-11(13)3-4-12(10)14/h3-4,8H,2,6-7,9H2,1H3. The fourth-order valence-electron chi connectivity index (χ4n) is 1.54. The van der Waals surface area contributed by atoms with Crippen molar-refractivity contribution in [2.45, 2.75) is 19.9 Å². The van der Waals surface area contributed by atoms with E-state index in [0.29, 0.717) is 18.7 Å². The minimum Gasteiger partial charge on any atom is -0.286 e. The van der Waals surface area contributed by atoms with Gasteiger partial charge in [-0.1, -0.05) is 22.9 Å². The monoisotopic (exact) mass is 284 g/mol. The summed E-state index contributed by atoms with van der Waals surface area (Å²) in [4.78, 5) is 1.94. The quantitative estimate of drug-likeness (QED) is 0.776. The van der Waals surface area contributed by atoms with Crippen LogP contribution in [-0.2, 0) is 6.54 Å². The van der Waals surface area contributed by atoms with E-state index in [2.05, 4.69) is 22.0 Å². The number of nitriles is 1. The normalized spacial score (nSPS) is 10.4. The maximum absolute atomic E-state index is 13.5. The van der Waals surface area contributed by atoms with Crippen LogP contribution in [0.5, 0.6) is 0 Å². The van der Waals surface area contributed by atoms with Crippen molar-refractivity contribution in [2.75, 3.05) is 13.1 Å². The lowest BCUT2D eigenvalue weighted by atomic mass is 10.2. The van der Waals surface area contributed by atoms with E-state index in [4.69, 9.17) is 5.26 Å². The van der Waals surface area contributed by atoms with Gasteiger partial charge in [0.1, 0.15) is 5.82 Å². The summed E-state index contributed by atoms with van der Waals surface area (Å²) in [5.74, 6) is -0.220. The average Bonchev–Trinajstić information content (AvgIpc) is 2.24. The fraction of sp³-hybridized carbons (Fsp3) is 0.417. The molecule has 0 saturated carbocycles. The molecule has 4 heteroatoms. The van der Waals surface area contributed by atoms with E-state index in [1.165, 1.54) is 6.07 Å². The summed E-state index contributed by atoms with van der Waals surface area (Å²) in [6, 6.07) is 6.97. The maximum atomic E-state index is 13.5. The maximum Gasteiger partial charge on any atom is 0.127 e. The Balaban J connectivity index is 2.76. The zero-order valence-corrected chi connectivity index (χ0v) is 10.8. The van der Waals surface area contributed by atoms with Crippen molar-refractivity contribution in [2.24, 2.45) is 0 Å². The van der Waals surface area contributed by atoms with Crippen molar-refractivity contribution < 1.29 is 4.39 Å². The van der Waals surface area contributed by atoms with Crippen molar-refractivity contribution in [3.8, 4) is 6.07 Å². The van der Waals surface area contributed by atoms with Crippen LogP contribution >= 0.6 is 15.9 Å². The summed E-state index contributed by atoms with van der Waals surface area (Å²) in [5, 5.41) is 8.67. The van der Waals surface area contributed by atoms with Gasteiger partial charge in [0.25, 0.3) is 0 Å². The molecule has 0 fully saturated rings. The number of benzene rings is 1. The van der Waals surface area contributed by atoms with Crippen LogP contribution in [0.25, 0.3) is 0 Å². The van der Waals surface area contributed by atoms with E-state index < -0.39 is 0 Å². The summed E-state index contributed by atoms with van der Waals surface area (Å²) in [6.45, 7) is 3.66. The Morgan fingerprint density at radius 2 is 2.25 bits per heavy atom. The van der Waals surface area contributed by atoms with Crippen LogP contribution in [0.1, 0.15) is 18.9 Å². The first kappa shape index (κ1) is 13.1. The second-order valence-corrected chi connectivity index (χ2v) is 4.52. The van der Waals surface area contributed by atoms with Gasteiger partial charge < -0.3 is 0 Å². The Morgan fingerprint density at radius 3 is 2.88 bits per heavy atom. The molecule has 0 saturated heterocycles. The highest BCUT2D eigenvalue weighted by atomic mass is 79.9. The van der Waals surface area contributed by atoms with Crippen molar-refractivity contribution in [3.05, 3.63) is 34.1 Å². The van der Waals surface area contributed by atoms with Gasteiger partial charge in [0, 0.05) is 16.6 Å². The zero-order chi connectivity index (χ0) is 12.0. The van der Waals surface area contributed by atoms with Gasteiger partial charge in [-0.3, -0.25) is 4.90 Å². The Labute approximate surface area is 104 Å². The molecule has 0 N–H and O–H groups in total. The first-order chi connectivity index (χ1) is 7.67. The summed E-state index contributed by atoms with van der Waals surface area (Å²) >= 11 is 3.31. The molecule has 1 aromatic rings. The molecule has 0 aromatic heterocycles. The third kappa shape index (κ3) is 3.92. The van der Waals surface area contributed by atoms with Gasteiger partial charge in [0.05, 0.1) is 12.6 Å².